The van der Waals surface area contributed by atoms with Gasteiger partial charge in [0.1, 0.15) is 21.4 Å². The number of rotatable bonds is 6. The predicted molar refractivity (Wildman–Crippen MR) is 118 cm³/mol. The Morgan fingerprint density at radius 2 is 2.11 bits per heavy atom. The fraction of sp³-hybridized carbons (Fsp3) is 0.316. The van der Waals surface area contributed by atoms with Crippen LogP contribution in [0.3, 0.4) is 0 Å². The molecule has 2 N–H and O–H groups in total. The molecule has 0 unspecified atom stereocenters. The number of aromatic nitrogens is 4. The number of thiazole rings is 1. The summed E-state index contributed by atoms with van der Waals surface area (Å²) in [7, 11) is 2.01. The van der Waals surface area contributed by atoms with Gasteiger partial charge in [0.2, 0.25) is 0 Å². The van der Waals surface area contributed by atoms with Crippen LogP contribution in [0, 0.1) is 6.92 Å². The molecule has 4 aromatic heterocycles. The van der Waals surface area contributed by atoms with Crippen LogP contribution in [-0.4, -0.2) is 25.3 Å². The first-order chi connectivity index (χ1) is 13.1. The van der Waals surface area contributed by atoms with Gasteiger partial charge in [-0.1, -0.05) is 13.3 Å². The fourth-order valence-corrected chi connectivity index (χ4v) is 5.92. The van der Waals surface area contributed by atoms with E-state index in [1.807, 2.05) is 41.9 Å². The molecule has 0 fully saturated rings. The summed E-state index contributed by atoms with van der Waals surface area (Å²) in [6.45, 7) is 4.21. The van der Waals surface area contributed by atoms with E-state index in [4.69, 9.17) is 15.7 Å². The molecule has 4 rings (SSSR count). The Bertz CT molecular complexity index is 1060. The molecule has 27 heavy (non-hydrogen) atoms. The molecule has 0 aliphatic carbocycles. The molecule has 0 atom stereocenters. The van der Waals surface area contributed by atoms with Gasteiger partial charge in [0.15, 0.2) is 0 Å². The van der Waals surface area contributed by atoms with E-state index in [2.05, 4.69) is 24.2 Å². The molecule has 0 spiro atoms. The molecule has 8 heteroatoms. The van der Waals surface area contributed by atoms with Crippen LogP contribution in [0.25, 0.3) is 32.2 Å². The van der Waals surface area contributed by atoms with Gasteiger partial charge in [-0.3, -0.25) is 0 Å². The number of thioether (sulfide) groups is 1. The van der Waals surface area contributed by atoms with Crippen LogP contribution >= 0.6 is 34.4 Å². The molecular weight excluding hydrogens is 394 g/mol. The molecule has 4 heterocycles. The molecule has 0 aromatic carbocycles. The first-order valence-corrected chi connectivity index (χ1v) is 11.5. The van der Waals surface area contributed by atoms with E-state index in [0.717, 1.165) is 53.6 Å². The lowest BCUT2D eigenvalue weighted by atomic mass is 10.1. The van der Waals surface area contributed by atoms with E-state index in [1.165, 1.54) is 12.8 Å². The maximum atomic E-state index is 6.57. The number of nitrogens with zero attached hydrogens (tertiary/aromatic N) is 4. The van der Waals surface area contributed by atoms with Crippen molar-refractivity contribution in [2.45, 2.75) is 30.9 Å². The van der Waals surface area contributed by atoms with E-state index in [-0.39, 0.29) is 0 Å². The van der Waals surface area contributed by atoms with Crippen LogP contribution in [0.1, 0.15) is 25.6 Å². The van der Waals surface area contributed by atoms with Crippen LogP contribution < -0.4 is 5.73 Å². The van der Waals surface area contributed by atoms with E-state index in [9.17, 15) is 0 Å². The maximum absolute atomic E-state index is 6.57. The number of nitrogen functional groups attached to an aromatic ring is 1. The smallest absolute Gasteiger partial charge is 0.141 e. The van der Waals surface area contributed by atoms with Gasteiger partial charge in [0.05, 0.1) is 15.6 Å². The number of nitrogens with two attached hydrogens (primary N) is 1. The highest BCUT2D eigenvalue weighted by molar-refractivity contribution is 8.01. The number of pyridine rings is 1. The van der Waals surface area contributed by atoms with Crippen LogP contribution in [0.5, 0.6) is 0 Å². The molecule has 0 amide bonds. The van der Waals surface area contributed by atoms with Crippen molar-refractivity contribution in [2.24, 2.45) is 7.05 Å². The number of thiophene rings is 1. The number of aryl methyl sites for hydroxylation is 2. The van der Waals surface area contributed by atoms with Crippen molar-refractivity contribution in [3.63, 3.8) is 0 Å². The van der Waals surface area contributed by atoms with Gasteiger partial charge >= 0.3 is 0 Å². The Morgan fingerprint density at radius 3 is 2.78 bits per heavy atom. The van der Waals surface area contributed by atoms with Crippen LogP contribution in [0.2, 0.25) is 0 Å². The number of hydrogen-bond acceptors (Lipinski definition) is 7. The molecule has 0 aliphatic rings. The number of hydrogen-bond donors (Lipinski definition) is 1. The Kier molecular flexibility index (Phi) is 5.21. The number of fused-ring (bicyclic) bond motifs is 1. The zero-order chi connectivity index (χ0) is 19.0. The third kappa shape index (κ3) is 3.49. The monoisotopic (exact) mass is 415 g/mol. The Morgan fingerprint density at radius 1 is 1.26 bits per heavy atom. The van der Waals surface area contributed by atoms with Crippen molar-refractivity contribution in [2.75, 3.05) is 11.5 Å². The van der Waals surface area contributed by atoms with Crippen molar-refractivity contribution >= 4 is 50.3 Å². The van der Waals surface area contributed by atoms with Gasteiger partial charge < -0.3 is 10.3 Å². The molecule has 5 nitrogen and oxygen atoms in total. The lowest BCUT2D eigenvalue weighted by molar-refractivity contribution is 0.858. The SMILES string of the molecule is CCCCSc1sc2nc(-c3nccs3)cc(-c3cn(C)c(C)n3)c2c1N. The van der Waals surface area contributed by atoms with Crippen molar-refractivity contribution in [3.05, 3.63) is 29.7 Å². The topological polar surface area (TPSA) is 69.6 Å². The van der Waals surface area contributed by atoms with E-state index >= 15 is 0 Å². The van der Waals surface area contributed by atoms with Gasteiger partial charge in [-0.2, -0.15) is 0 Å². The molecule has 0 saturated heterocycles. The maximum Gasteiger partial charge on any atom is 0.141 e. The summed E-state index contributed by atoms with van der Waals surface area (Å²) in [4.78, 5) is 15.0. The second-order valence-electron chi connectivity index (χ2n) is 6.36. The third-order valence-electron chi connectivity index (χ3n) is 4.43. The Hall–Kier alpha value is -1.90. The first kappa shape index (κ1) is 18.5. The highest BCUT2D eigenvalue weighted by Crippen LogP contribution is 2.45. The zero-order valence-corrected chi connectivity index (χ0v) is 18.0. The number of unbranched alkanes of at least 4 members (excludes halogenated alkanes) is 1. The molecule has 0 aliphatic heterocycles. The minimum atomic E-state index is 0.826. The van der Waals surface area contributed by atoms with Gasteiger partial charge in [-0.05, 0) is 25.2 Å². The highest BCUT2D eigenvalue weighted by Gasteiger charge is 2.20. The Balaban J connectivity index is 1.91. The summed E-state index contributed by atoms with van der Waals surface area (Å²) in [5.41, 5.74) is 10.2. The summed E-state index contributed by atoms with van der Waals surface area (Å²) in [5, 5.41) is 3.90. The Labute approximate surface area is 170 Å². The normalized spacial score (nSPS) is 11.5. The molecule has 0 saturated carbocycles. The van der Waals surface area contributed by atoms with E-state index in [1.54, 1.807) is 22.7 Å². The van der Waals surface area contributed by atoms with Crippen molar-refractivity contribution in [1.29, 1.82) is 0 Å². The molecule has 0 bridgehead atoms. The largest absolute Gasteiger partial charge is 0.397 e. The van der Waals surface area contributed by atoms with Crippen LogP contribution in [0.4, 0.5) is 5.69 Å². The first-order valence-electron chi connectivity index (χ1n) is 8.84. The fourth-order valence-electron chi connectivity index (χ4n) is 2.87. The molecule has 0 radical (unpaired) electrons. The van der Waals surface area contributed by atoms with Gasteiger partial charge in [-0.15, -0.1) is 34.4 Å². The average Bonchev–Trinajstić information content (AvgIpc) is 3.36. The van der Waals surface area contributed by atoms with E-state index < -0.39 is 0 Å². The number of imidazole rings is 1. The second kappa shape index (κ2) is 7.61. The molecular formula is C19H21N5S3. The molecule has 4 aromatic rings. The summed E-state index contributed by atoms with van der Waals surface area (Å²) in [6, 6.07) is 2.08. The average molecular weight is 416 g/mol. The third-order valence-corrected chi connectivity index (χ3v) is 7.70. The molecule has 140 valence electrons. The zero-order valence-electron chi connectivity index (χ0n) is 15.5. The summed E-state index contributed by atoms with van der Waals surface area (Å²) >= 11 is 5.10. The lowest BCUT2D eigenvalue weighted by Gasteiger charge is -2.05. The lowest BCUT2D eigenvalue weighted by Crippen LogP contribution is -1.91. The number of anilines is 1. The van der Waals surface area contributed by atoms with Gasteiger partial charge in [-0.25, -0.2) is 15.0 Å². The minimum Gasteiger partial charge on any atom is -0.397 e. The van der Waals surface area contributed by atoms with Crippen LogP contribution in [0.15, 0.2) is 28.0 Å². The minimum absolute atomic E-state index is 0.826. The summed E-state index contributed by atoms with van der Waals surface area (Å²) in [5.74, 6) is 2.04. The van der Waals surface area contributed by atoms with Crippen molar-refractivity contribution in [3.8, 4) is 22.0 Å². The standard InChI is InChI=1S/C19H21N5S3/c1-4-5-7-26-19-16(20)15-12(14-10-24(3)11(2)22-14)9-13(23-18(15)27-19)17-21-6-8-25-17/h6,8-10H,4-5,7,20H2,1-3H3. The van der Waals surface area contributed by atoms with Crippen molar-refractivity contribution < 1.29 is 0 Å². The second-order valence-corrected chi connectivity index (χ2v) is 9.62. The van der Waals surface area contributed by atoms with E-state index in [0.29, 0.717) is 0 Å². The summed E-state index contributed by atoms with van der Waals surface area (Å²) < 4.78 is 3.18. The highest BCUT2D eigenvalue weighted by atomic mass is 32.2. The van der Waals surface area contributed by atoms with Gasteiger partial charge in [0.25, 0.3) is 0 Å². The predicted octanol–water partition coefficient (Wildman–Crippen LogP) is 5.60. The summed E-state index contributed by atoms with van der Waals surface area (Å²) in [6.07, 6.45) is 6.23. The quantitative estimate of drug-likeness (QED) is 0.328. The van der Waals surface area contributed by atoms with Gasteiger partial charge in [0, 0.05) is 35.8 Å². The van der Waals surface area contributed by atoms with Crippen LogP contribution in [-0.2, 0) is 7.05 Å². The van der Waals surface area contributed by atoms with Crippen molar-refractivity contribution in [1.82, 2.24) is 19.5 Å².